The van der Waals surface area contributed by atoms with Crippen molar-refractivity contribution < 1.29 is 28.9 Å². The van der Waals surface area contributed by atoms with E-state index in [1.165, 1.54) is 25.2 Å². The molecule has 4 rings (SSSR count). The number of Topliss-reactive ketones (excluding diaryl/α,β-unsaturated/α-hetero) is 1. The molecule has 0 bridgehead atoms. The van der Waals surface area contributed by atoms with Crippen LogP contribution < -0.4 is 19.1 Å². The van der Waals surface area contributed by atoms with Gasteiger partial charge in [-0.25, -0.2) is 0 Å². The number of aliphatic hydroxyl groups is 1. The van der Waals surface area contributed by atoms with E-state index in [1.54, 1.807) is 48.5 Å². The summed E-state index contributed by atoms with van der Waals surface area (Å²) in [6.45, 7) is 2.52. The molecule has 1 heterocycles. The van der Waals surface area contributed by atoms with Crippen LogP contribution in [0.4, 0.5) is 5.69 Å². The molecular formula is C29H24Cl2N2O6. The van der Waals surface area contributed by atoms with Crippen molar-refractivity contribution in [2.24, 2.45) is 0 Å². The SMILES string of the molecule is CCCOc1ccc(C2/C(=C(\O)c3cc(Cl)c(OC)c(Cl)c3OC)C(=O)C(=O)N2c2ccc(C#N)cc2)cc1. The summed E-state index contributed by atoms with van der Waals surface area (Å²) in [6, 6.07) is 15.5. The largest absolute Gasteiger partial charge is 0.507 e. The average Bonchev–Trinajstić information content (AvgIpc) is 3.21. The third kappa shape index (κ3) is 5.11. The predicted octanol–water partition coefficient (Wildman–Crippen LogP) is 6.30. The molecule has 1 unspecified atom stereocenters. The first-order valence-electron chi connectivity index (χ1n) is 11.9. The second-order valence-electron chi connectivity index (χ2n) is 8.53. The molecule has 0 aromatic heterocycles. The van der Waals surface area contributed by atoms with Gasteiger partial charge < -0.3 is 19.3 Å². The van der Waals surface area contributed by atoms with Crippen molar-refractivity contribution in [3.05, 3.63) is 86.9 Å². The van der Waals surface area contributed by atoms with Gasteiger partial charge in [0.25, 0.3) is 11.7 Å². The number of benzene rings is 3. The minimum absolute atomic E-state index is 0.00986. The quantitative estimate of drug-likeness (QED) is 0.193. The zero-order valence-corrected chi connectivity index (χ0v) is 22.8. The van der Waals surface area contributed by atoms with Crippen LogP contribution in [0.5, 0.6) is 17.2 Å². The lowest BCUT2D eigenvalue weighted by atomic mass is 9.94. The van der Waals surface area contributed by atoms with Crippen molar-refractivity contribution in [2.75, 3.05) is 25.7 Å². The number of hydrogen-bond acceptors (Lipinski definition) is 7. The van der Waals surface area contributed by atoms with Gasteiger partial charge >= 0.3 is 0 Å². The molecule has 1 aliphatic heterocycles. The van der Waals surface area contributed by atoms with Gasteiger partial charge in [0, 0.05) is 5.69 Å². The van der Waals surface area contributed by atoms with Crippen molar-refractivity contribution >= 4 is 46.3 Å². The fraction of sp³-hybridized carbons (Fsp3) is 0.207. The average molecular weight is 567 g/mol. The number of rotatable bonds is 8. The number of ether oxygens (including phenoxy) is 3. The number of methoxy groups -OCH3 is 2. The normalized spacial score (nSPS) is 16.2. The lowest BCUT2D eigenvalue weighted by Crippen LogP contribution is -2.29. The summed E-state index contributed by atoms with van der Waals surface area (Å²) >= 11 is 12.8. The maximum atomic E-state index is 13.5. The summed E-state index contributed by atoms with van der Waals surface area (Å²) in [7, 11) is 2.72. The summed E-state index contributed by atoms with van der Waals surface area (Å²) in [5.41, 5.74) is 1.11. The van der Waals surface area contributed by atoms with E-state index in [9.17, 15) is 20.0 Å². The van der Waals surface area contributed by atoms with Gasteiger partial charge in [0.2, 0.25) is 0 Å². The van der Waals surface area contributed by atoms with Crippen molar-refractivity contribution in [1.82, 2.24) is 0 Å². The number of nitrogens with zero attached hydrogens (tertiary/aromatic N) is 2. The second kappa shape index (κ2) is 11.7. The molecule has 1 atom stereocenters. The number of nitriles is 1. The van der Waals surface area contributed by atoms with Gasteiger partial charge in [0.1, 0.15) is 16.5 Å². The maximum Gasteiger partial charge on any atom is 0.300 e. The van der Waals surface area contributed by atoms with Crippen LogP contribution in [-0.2, 0) is 9.59 Å². The van der Waals surface area contributed by atoms with E-state index in [-0.39, 0.29) is 32.7 Å². The number of aliphatic hydroxyl groups excluding tert-OH is 1. The highest BCUT2D eigenvalue weighted by Crippen LogP contribution is 2.48. The third-order valence-corrected chi connectivity index (χ3v) is 6.81. The van der Waals surface area contributed by atoms with E-state index < -0.39 is 23.5 Å². The molecular weight excluding hydrogens is 543 g/mol. The van der Waals surface area contributed by atoms with Gasteiger partial charge in [-0.05, 0) is 54.4 Å². The first-order chi connectivity index (χ1) is 18.8. The van der Waals surface area contributed by atoms with Crippen LogP contribution in [0.25, 0.3) is 5.76 Å². The first kappa shape index (κ1) is 27.8. The molecule has 0 spiro atoms. The lowest BCUT2D eigenvalue weighted by molar-refractivity contribution is -0.132. The Labute approximate surface area is 235 Å². The van der Waals surface area contributed by atoms with Crippen molar-refractivity contribution in [3.8, 4) is 23.3 Å². The smallest absolute Gasteiger partial charge is 0.300 e. The zero-order chi connectivity index (χ0) is 28.3. The Bertz CT molecular complexity index is 1490. The Hall–Kier alpha value is -4.19. The van der Waals surface area contributed by atoms with E-state index in [4.69, 9.17) is 37.4 Å². The Morgan fingerprint density at radius 3 is 2.23 bits per heavy atom. The van der Waals surface area contributed by atoms with E-state index >= 15 is 0 Å². The summed E-state index contributed by atoms with van der Waals surface area (Å²) in [6.07, 6.45) is 0.829. The Balaban J connectivity index is 1.95. The number of hydrogen-bond donors (Lipinski definition) is 1. The Morgan fingerprint density at radius 1 is 1.03 bits per heavy atom. The van der Waals surface area contributed by atoms with Gasteiger partial charge in [-0.1, -0.05) is 42.3 Å². The van der Waals surface area contributed by atoms with Crippen LogP contribution in [-0.4, -0.2) is 37.6 Å². The molecule has 1 fully saturated rings. The van der Waals surface area contributed by atoms with Crippen LogP contribution in [0.1, 0.15) is 36.1 Å². The topological polar surface area (TPSA) is 109 Å². The Morgan fingerprint density at radius 2 is 1.67 bits per heavy atom. The summed E-state index contributed by atoms with van der Waals surface area (Å²) in [4.78, 5) is 28.2. The van der Waals surface area contributed by atoms with E-state index in [0.717, 1.165) is 6.42 Å². The Kier molecular flexibility index (Phi) is 8.34. The molecule has 1 amide bonds. The molecule has 3 aromatic rings. The number of carbonyl (C=O) groups excluding carboxylic acids is 2. The van der Waals surface area contributed by atoms with Crippen molar-refractivity contribution in [2.45, 2.75) is 19.4 Å². The molecule has 39 heavy (non-hydrogen) atoms. The molecule has 1 N–H and O–H groups in total. The molecule has 0 saturated carbocycles. The highest BCUT2D eigenvalue weighted by Gasteiger charge is 2.47. The van der Waals surface area contributed by atoms with Gasteiger partial charge in [0.15, 0.2) is 11.5 Å². The monoisotopic (exact) mass is 566 g/mol. The predicted molar refractivity (Wildman–Crippen MR) is 148 cm³/mol. The van der Waals surface area contributed by atoms with Crippen LogP contribution >= 0.6 is 23.2 Å². The fourth-order valence-electron chi connectivity index (χ4n) is 4.37. The minimum atomic E-state index is -1.03. The van der Waals surface area contributed by atoms with Crippen LogP contribution in [0, 0.1) is 11.3 Å². The highest BCUT2D eigenvalue weighted by atomic mass is 35.5. The van der Waals surface area contributed by atoms with Gasteiger partial charge in [-0.3, -0.25) is 14.5 Å². The molecule has 0 radical (unpaired) electrons. The molecule has 0 aliphatic carbocycles. The molecule has 1 aliphatic rings. The highest BCUT2D eigenvalue weighted by molar-refractivity contribution is 6.52. The first-order valence-corrected chi connectivity index (χ1v) is 12.7. The van der Waals surface area contributed by atoms with E-state index in [1.807, 2.05) is 13.0 Å². The number of halogens is 2. The summed E-state index contributed by atoms with van der Waals surface area (Å²) < 4.78 is 16.3. The summed E-state index contributed by atoms with van der Waals surface area (Å²) in [5, 5.41) is 20.8. The standard InChI is InChI=1S/C29H24Cl2N2O6/c1-4-13-39-19-11-7-17(8-12-19)24-22(25(34)20-14-21(30)28(38-3)23(31)27(20)37-2)26(35)29(36)33(24)18-9-5-16(15-32)6-10-18/h5-12,14,24,34H,4,13H2,1-3H3/b25-22+. The maximum absolute atomic E-state index is 13.5. The van der Waals surface area contributed by atoms with E-state index in [0.29, 0.717) is 29.2 Å². The molecule has 10 heteroatoms. The number of anilines is 1. The van der Waals surface area contributed by atoms with Gasteiger partial charge in [-0.2, -0.15) is 5.26 Å². The van der Waals surface area contributed by atoms with Crippen LogP contribution in [0.2, 0.25) is 10.0 Å². The minimum Gasteiger partial charge on any atom is -0.507 e. The fourth-order valence-corrected chi connectivity index (χ4v) is 5.06. The van der Waals surface area contributed by atoms with E-state index in [2.05, 4.69) is 0 Å². The van der Waals surface area contributed by atoms with Crippen molar-refractivity contribution in [3.63, 3.8) is 0 Å². The molecule has 1 saturated heterocycles. The number of carbonyl (C=O) groups is 2. The van der Waals surface area contributed by atoms with Crippen molar-refractivity contribution in [1.29, 1.82) is 5.26 Å². The van der Waals surface area contributed by atoms with Gasteiger partial charge in [-0.15, -0.1) is 0 Å². The third-order valence-electron chi connectivity index (χ3n) is 6.18. The number of ketones is 1. The zero-order valence-electron chi connectivity index (χ0n) is 21.3. The lowest BCUT2D eigenvalue weighted by Gasteiger charge is -2.26. The number of amides is 1. The molecule has 3 aromatic carbocycles. The second-order valence-corrected chi connectivity index (χ2v) is 9.32. The molecule has 8 nitrogen and oxygen atoms in total. The summed E-state index contributed by atoms with van der Waals surface area (Å²) in [5.74, 6) is -1.54. The van der Waals surface area contributed by atoms with Gasteiger partial charge in [0.05, 0.1) is 54.7 Å². The van der Waals surface area contributed by atoms with Crippen LogP contribution in [0.3, 0.4) is 0 Å². The van der Waals surface area contributed by atoms with Crippen LogP contribution in [0.15, 0.2) is 60.2 Å². The molecule has 200 valence electrons.